The van der Waals surface area contributed by atoms with Crippen molar-refractivity contribution in [2.45, 2.75) is 50.0 Å². The molecule has 0 aromatic heterocycles. The third kappa shape index (κ3) is 4.03. The van der Waals surface area contributed by atoms with Crippen molar-refractivity contribution >= 4 is 15.9 Å². The smallest absolute Gasteiger partial charge is 0.243 e. The van der Waals surface area contributed by atoms with Gasteiger partial charge in [-0.3, -0.25) is 4.79 Å². The van der Waals surface area contributed by atoms with Gasteiger partial charge in [-0.1, -0.05) is 36.4 Å². The fourth-order valence-corrected chi connectivity index (χ4v) is 6.16. The Balaban J connectivity index is 1.40. The van der Waals surface area contributed by atoms with E-state index in [9.17, 15) is 13.2 Å². The lowest BCUT2D eigenvalue weighted by Gasteiger charge is -2.34. The first-order chi connectivity index (χ1) is 14.4. The lowest BCUT2D eigenvalue weighted by Crippen LogP contribution is -2.44. The number of carbonyl (C=O) groups excluding carboxylic acids is 1. The zero-order chi connectivity index (χ0) is 21.3. The Kier molecular flexibility index (Phi) is 5.98. The average molecular weight is 427 g/mol. The van der Waals surface area contributed by atoms with E-state index in [1.807, 2.05) is 56.4 Å². The van der Waals surface area contributed by atoms with Gasteiger partial charge >= 0.3 is 0 Å². The Morgan fingerprint density at radius 2 is 1.70 bits per heavy atom. The standard InChI is InChI=1S/C24H30N2O3S/c1-18(19-7-4-3-5-8-19)25(2)24(27)21-13-15-26(16-14-21)30(28,29)23-12-11-20-9-6-10-22(20)17-23/h3-5,7-8,11-12,17-18,21H,6,9-10,13-16H2,1-2H3/t18-/m1/s1. The van der Waals surface area contributed by atoms with Crippen LogP contribution in [0.4, 0.5) is 0 Å². The van der Waals surface area contributed by atoms with Crippen LogP contribution in [0.2, 0.25) is 0 Å². The first-order valence-corrected chi connectivity index (χ1v) is 12.3. The number of piperidine rings is 1. The highest BCUT2D eigenvalue weighted by Gasteiger charge is 2.34. The molecule has 0 N–H and O–H groups in total. The number of hydrogen-bond acceptors (Lipinski definition) is 3. The van der Waals surface area contributed by atoms with Crippen LogP contribution < -0.4 is 0 Å². The number of amides is 1. The molecule has 160 valence electrons. The molecule has 1 atom stereocenters. The first kappa shape index (κ1) is 21.1. The topological polar surface area (TPSA) is 57.7 Å². The molecule has 0 bridgehead atoms. The van der Waals surface area contributed by atoms with Gasteiger partial charge in [0, 0.05) is 26.1 Å². The highest BCUT2D eigenvalue weighted by Crippen LogP contribution is 2.30. The number of rotatable bonds is 5. The van der Waals surface area contributed by atoms with Crippen LogP contribution >= 0.6 is 0 Å². The zero-order valence-corrected chi connectivity index (χ0v) is 18.6. The molecule has 0 saturated carbocycles. The number of benzene rings is 2. The Morgan fingerprint density at radius 1 is 1.03 bits per heavy atom. The summed E-state index contributed by atoms with van der Waals surface area (Å²) in [5.74, 6) is -0.0337. The third-order valence-electron chi connectivity index (χ3n) is 6.72. The molecule has 6 heteroatoms. The van der Waals surface area contributed by atoms with Gasteiger partial charge in [0.15, 0.2) is 0 Å². The SMILES string of the molecule is C[C@H](c1ccccc1)N(C)C(=O)C1CCN(S(=O)(=O)c2ccc3c(c2)CCC3)CC1. The van der Waals surface area contributed by atoms with Crippen molar-refractivity contribution in [1.29, 1.82) is 0 Å². The van der Waals surface area contributed by atoms with Crippen LogP contribution in [0.3, 0.4) is 0 Å². The van der Waals surface area contributed by atoms with E-state index in [4.69, 9.17) is 0 Å². The molecule has 4 rings (SSSR count). The largest absolute Gasteiger partial charge is 0.339 e. The van der Waals surface area contributed by atoms with Crippen LogP contribution in [0.5, 0.6) is 0 Å². The fourth-order valence-electron chi connectivity index (χ4n) is 4.63. The second-order valence-corrected chi connectivity index (χ2v) is 10.4. The molecule has 1 aliphatic carbocycles. The molecule has 0 spiro atoms. The number of hydrogen-bond donors (Lipinski definition) is 0. The molecule has 30 heavy (non-hydrogen) atoms. The molecule has 1 saturated heterocycles. The van der Waals surface area contributed by atoms with Gasteiger partial charge in [-0.05, 0) is 67.9 Å². The van der Waals surface area contributed by atoms with Gasteiger partial charge in [-0.2, -0.15) is 4.31 Å². The summed E-state index contributed by atoms with van der Waals surface area (Å²) in [7, 11) is -1.66. The van der Waals surface area contributed by atoms with Crippen molar-refractivity contribution in [3.05, 3.63) is 65.2 Å². The Hall–Kier alpha value is -2.18. The molecule has 2 aromatic rings. The molecule has 1 fully saturated rings. The highest BCUT2D eigenvalue weighted by molar-refractivity contribution is 7.89. The monoisotopic (exact) mass is 426 g/mol. The maximum atomic E-state index is 13.1. The lowest BCUT2D eigenvalue weighted by atomic mass is 9.95. The van der Waals surface area contributed by atoms with Crippen molar-refractivity contribution in [2.24, 2.45) is 5.92 Å². The Morgan fingerprint density at radius 3 is 2.40 bits per heavy atom. The predicted octanol–water partition coefficient (Wildman–Crippen LogP) is 3.80. The molecule has 5 nitrogen and oxygen atoms in total. The third-order valence-corrected chi connectivity index (χ3v) is 8.62. The maximum absolute atomic E-state index is 13.1. The van der Waals surface area contributed by atoms with E-state index in [-0.39, 0.29) is 17.9 Å². The summed E-state index contributed by atoms with van der Waals surface area (Å²) < 4.78 is 27.8. The molecule has 2 aliphatic rings. The summed E-state index contributed by atoms with van der Waals surface area (Å²) in [6.07, 6.45) is 4.23. The minimum Gasteiger partial charge on any atom is -0.339 e. The molecule has 1 aliphatic heterocycles. The minimum absolute atomic E-state index is 0.00752. The van der Waals surface area contributed by atoms with Crippen LogP contribution in [0.1, 0.15) is 48.9 Å². The van der Waals surface area contributed by atoms with Gasteiger partial charge in [0.2, 0.25) is 15.9 Å². The van der Waals surface area contributed by atoms with Crippen molar-refractivity contribution in [1.82, 2.24) is 9.21 Å². The van der Waals surface area contributed by atoms with Gasteiger partial charge in [-0.25, -0.2) is 8.42 Å². The summed E-state index contributed by atoms with van der Waals surface area (Å²) in [6, 6.07) is 15.5. The fraction of sp³-hybridized carbons (Fsp3) is 0.458. The quantitative estimate of drug-likeness (QED) is 0.731. The second-order valence-electron chi connectivity index (χ2n) is 8.50. The summed E-state index contributed by atoms with van der Waals surface area (Å²) >= 11 is 0. The van der Waals surface area contributed by atoms with E-state index < -0.39 is 10.0 Å². The van der Waals surface area contributed by atoms with Crippen LogP contribution in [0.25, 0.3) is 0 Å². The van der Waals surface area contributed by atoms with Crippen molar-refractivity contribution in [2.75, 3.05) is 20.1 Å². The zero-order valence-electron chi connectivity index (χ0n) is 17.8. The first-order valence-electron chi connectivity index (χ1n) is 10.8. The van der Waals surface area contributed by atoms with Crippen LogP contribution in [0.15, 0.2) is 53.4 Å². The minimum atomic E-state index is -3.50. The van der Waals surface area contributed by atoms with Gasteiger partial charge in [0.05, 0.1) is 10.9 Å². The van der Waals surface area contributed by atoms with Crippen LogP contribution in [-0.4, -0.2) is 43.7 Å². The van der Waals surface area contributed by atoms with E-state index >= 15 is 0 Å². The maximum Gasteiger partial charge on any atom is 0.243 e. The lowest BCUT2D eigenvalue weighted by molar-refractivity contribution is -0.137. The normalized spacial score (nSPS) is 18.7. The molecule has 1 heterocycles. The molecule has 0 radical (unpaired) electrons. The number of carbonyl (C=O) groups is 1. The van der Waals surface area contributed by atoms with E-state index in [0.29, 0.717) is 30.8 Å². The van der Waals surface area contributed by atoms with Crippen molar-refractivity contribution in [3.63, 3.8) is 0 Å². The number of sulfonamides is 1. The highest BCUT2D eigenvalue weighted by atomic mass is 32.2. The molecular formula is C24H30N2O3S. The van der Waals surface area contributed by atoms with Gasteiger partial charge in [0.1, 0.15) is 0 Å². The van der Waals surface area contributed by atoms with Gasteiger partial charge < -0.3 is 4.90 Å². The molecule has 1 amide bonds. The Labute approximate surface area is 179 Å². The number of fused-ring (bicyclic) bond motifs is 1. The van der Waals surface area contributed by atoms with E-state index in [1.54, 1.807) is 15.3 Å². The predicted molar refractivity (Wildman–Crippen MR) is 118 cm³/mol. The molecule has 0 unspecified atom stereocenters. The van der Waals surface area contributed by atoms with Crippen molar-refractivity contribution < 1.29 is 13.2 Å². The summed E-state index contributed by atoms with van der Waals surface area (Å²) in [5, 5.41) is 0. The number of nitrogens with zero attached hydrogens (tertiary/aromatic N) is 2. The number of aryl methyl sites for hydroxylation is 2. The van der Waals surface area contributed by atoms with Crippen molar-refractivity contribution in [3.8, 4) is 0 Å². The summed E-state index contributed by atoms with van der Waals surface area (Å²) in [5.41, 5.74) is 3.54. The molecular weight excluding hydrogens is 396 g/mol. The van der Waals surface area contributed by atoms with Crippen LogP contribution in [-0.2, 0) is 27.7 Å². The van der Waals surface area contributed by atoms with E-state index in [2.05, 4.69) is 0 Å². The van der Waals surface area contributed by atoms with E-state index in [1.165, 1.54) is 5.56 Å². The van der Waals surface area contributed by atoms with E-state index in [0.717, 1.165) is 30.4 Å². The van der Waals surface area contributed by atoms with Gasteiger partial charge in [0.25, 0.3) is 0 Å². The summed E-state index contributed by atoms with van der Waals surface area (Å²) in [4.78, 5) is 15.2. The second kappa shape index (κ2) is 8.52. The van der Waals surface area contributed by atoms with Gasteiger partial charge in [-0.15, -0.1) is 0 Å². The van der Waals surface area contributed by atoms with Crippen LogP contribution in [0, 0.1) is 5.92 Å². The summed E-state index contributed by atoms with van der Waals surface area (Å²) in [6.45, 7) is 2.81. The molecule has 2 aromatic carbocycles. The average Bonchev–Trinajstić information content (AvgIpc) is 3.26. The Bertz CT molecular complexity index is 1010.